The van der Waals surface area contributed by atoms with Gasteiger partial charge in [0, 0.05) is 31.8 Å². The Labute approximate surface area is 233 Å². The largest absolute Gasteiger partial charge is 0.330 e. The highest BCUT2D eigenvalue weighted by atomic mass is 32.2. The number of urea groups is 1. The Morgan fingerprint density at radius 2 is 1.85 bits per heavy atom. The molecule has 5 rings (SSSR count). The van der Waals surface area contributed by atoms with E-state index in [1.54, 1.807) is 35.8 Å². The number of benzene rings is 3. The SMILES string of the molecule is CN(C(=O)C(Cc1cc(F)cc(F)c1)NC(=O)NS(=O)(=O)N1CCCc2ccccc21)c1ccc2scnc2c1. The summed E-state index contributed by atoms with van der Waals surface area (Å²) in [6, 6.07) is 12.5. The van der Waals surface area contributed by atoms with E-state index in [0.717, 1.165) is 26.7 Å². The van der Waals surface area contributed by atoms with Gasteiger partial charge in [-0.25, -0.2) is 23.3 Å². The molecule has 0 aliphatic carbocycles. The molecule has 2 heterocycles. The quantitative estimate of drug-likeness (QED) is 0.339. The highest BCUT2D eigenvalue weighted by molar-refractivity contribution is 7.91. The van der Waals surface area contributed by atoms with E-state index in [9.17, 15) is 26.8 Å². The van der Waals surface area contributed by atoms with Crippen LogP contribution in [0.1, 0.15) is 17.5 Å². The Morgan fingerprint density at radius 3 is 2.62 bits per heavy atom. The van der Waals surface area contributed by atoms with Crippen molar-refractivity contribution < 1.29 is 26.8 Å². The van der Waals surface area contributed by atoms with Crippen molar-refractivity contribution in [1.82, 2.24) is 15.0 Å². The first kappa shape index (κ1) is 27.5. The van der Waals surface area contributed by atoms with Crippen LogP contribution in [0.5, 0.6) is 0 Å². The van der Waals surface area contributed by atoms with Gasteiger partial charge in [0.2, 0.25) is 5.91 Å². The van der Waals surface area contributed by atoms with Crippen LogP contribution in [0.4, 0.5) is 25.0 Å². The molecule has 0 saturated carbocycles. The van der Waals surface area contributed by atoms with E-state index in [1.165, 1.54) is 23.3 Å². The number of hydrogen-bond donors (Lipinski definition) is 2. The van der Waals surface area contributed by atoms with Crippen LogP contribution in [-0.2, 0) is 27.8 Å². The van der Waals surface area contributed by atoms with Gasteiger partial charge in [0.05, 0.1) is 21.4 Å². The maximum Gasteiger partial charge on any atom is 0.330 e. The number of thiazole rings is 1. The lowest BCUT2D eigenvalue weighted by atomic mass is 10.0. The van der Waals surface area contributed by atoms with Gasteiger partial charge >= 0.3 is 16.2 Å². The molecule has 0 bridgehead atoms. The summed E-state index contributed by atoms with van der Waals surface area (Å²) in [5.41, 5.74) is 4.22. The maximum atomic E-state index is 13.9. The van der Waals surface area contributed by atoms with Gasteiger partial charge in [0.15, 0.2) is 0 Å². The van der Waals surface area contributed by atoms with E-state index >= 15 is 0 Å². The fourth-order valence-electron chi connectivity index (χ4n) is 4.69. The monoisotopic (exact) mass is 585 g/mol. The molecule has 1 aliphatic heterocycles. The van der Waals surface area contributed by atoms with Crippen LogP contribution in [0.25, 0.3) is 10.2 Å². The van der Waals surface area contributed by atoms with Crippen molar-refractivity contribution in [3.8, 4) is 0 Å². The van der Waals surface area contributed by atoms with Crippen molar-refractivity contribution in [2.45, 2.75) is 25.3 Å². The first-order valence-corrected chi connectivity index (χ1v) is 14.7. The zero-order valence-electron chi connectivity index (χ0n) is 21.3. The summed E-state index contributed by atoms with van der Waals surface area (Å²) in [5.74, 6) is -2.33. The predicted molar refractivity (Wildman–Crippen MR) is 150 cm³/mol. The minimum Gasteiger partial charge on any atom is -0.325 e. The van der Waals surface area contributed by atoms with Gasteiger partial charge in [0.1, 0.15) is 17.7 Å². The maximum absolute atomic E-state index is 13.9. The summed E-state index contributed by atoms with van der Waals surface area (Å²) in [7, 11) is -2.84. The lowest BCUT2D eigenvalue weighted by Crippen LogP contribution is -2.55. The summed E-state index contributed by atoms with van der Waals surface area (Å²) >= 11 is 1.44. The van der Waals surface area contributed by atoms with E-state index in [4.69, 9.17) is 0 Å². The van der Waals surface area contributed by atoms with Crippen LogP contribution >= 0.6 is 11.3 Å². The predicted octanol–water partition coefficient (Wildman–Crippen LogP) is 4.15. The minimum atomic E-state index is -4.32. The lowest BCUT2D eigenvalue weighted by molar-refractivity contribution is -0.120. The molecule has 0 fully saturated rings. The van der Waals surface area contributed by atoms with Crippen molar-refractivity contribution in [2.24, 2.45) is 0 Å². The Hall–Kier alpha value is -4.10. The van der Waals surface area contributed by atoms with Gasteiger partial charge in [-0.2, -0.15) is 8.42 Å². The number of nitrogens with zero attached hydrogens (tertiary/aromatic N) is 3. The normalized spacial score (nSPS) is 13.9. The number of amides is 3. The van der Waals surface area contributed by atoms with Crippen molar-refractivity contribution in [3.63, 3.8) is 0 Å². The molecule has 208 valence electrons. The minimum absolute atomic E-state index is 0.104. The number of nitrogens with one attached hydrogen (secondary N) is 2. The molecule has 1 unspecified atom stereocenters. The summed E-state index contributed by atoms with van der Waals surface area (Å²) in [4.78, 5) is 32.1. The number of fused-ring (bicyclic) bond motifs is 2. The Balaban J connectivity index is 1.39. The van der Waals surface area contributed by atoms with E-state index in [2.05, 4.69) is 10.3 Å². The van der Waals surface area contributed by atoms with Crippen LogP contribution < -0.4 is 19.2 Å². The first-order valence-electron chi connectivity index (χ1n) is 12.4. The number of halogens is 2. The van der Waals surface area contributed by atoms with E-state index in [-0.39, 0.29) is 18.5 Å². The van der Waals surface area contributed by atoms with E-state index in [1.807, 2.05) is 16.9 Å². The molecule has 13 heteroatoms. The second kappa shape index (κ2) is 11.2. The van der Waals surface area contributed by atoms with Crippen LogP contribution in [0, 0.1) is 11.6 Å². The smallest absolute Gasteiger partial charge is 0.325 e. The number of carbonyl (C=O) groups excluding carboxylic acids is 2. The topological polar surface area (TPSA) is 112 Å². The molecule has 4 aromatic rings. The third-order valence-electron chi connectivity index (χ3n) is 6.58. The number of aromatic nitrogens is 1. The number of aryl methyl sites for hydroxylation is 1. The lowest BCUT2D eigenvalue weighted by Gasteiger charge is -2.30. The average molecular weight is 586 g/mol. The Bertz CT molecular complexity index is 1680. The van der Waals surface area contributed by atoms with Gasteiger partial charge in [-0.15, -0.1) is 11.3 Å². The first-order chi connectivity index (χ1) is 19.1. The fraction of sp³-hybridized carbons (Fsp3) is 0.222. The summed E-state index contributed by atoms with van der Waals surface area (Å²) in [6.07, 6.45) is 0.977. The summed E-state index contributed by atoms with van der Waals surface area (Å²) < 4.78 is 58.2. The highest BCUT2D eigenvalue weighted by Gasteiger charge is 2.31. The Kier molecular flexibility index (Phi) is 7.68. The average Bonchev–Trinajstić information content (AvgIpc) is 3.39. The molecule has 2 N–H and O–H groups in total. The second-order valence-corrected chi connectivity index (χ2v) is 11.8. The molecular formula is C27H25F2N5O4S2. The molecule has 0 spiro atoms. The number of para-hydroxylation sites is 1. The fourth-order valence-corrected chi connectivity index (χ4v) is 6.56. The number of carbonyl (C=O) groups is 2. The molecular weight excluding hydrogens is 560 g/mol. The highest BCUT2D eigenvalue weighted by Crippen LogP contribution is 2.28. The number of likely N-dealkylation sites (N-methyl/N-ethyl adjacent to an activating group) is 1. The van der Waals surface area contributed by atoms with Crippen molar-refractivity contribution in [1.29, 1.82) is 0 Å². The zero-order valence-corrected chi connectivity index (χ0v) is 22.9. The van der Waals surface area contributed by atoms with E-state index < -0.39 is 39.8 Å². The van der Waals surface area contributed by atoms with E-state index in [0.29, 0.717) is 35.8 Å². The van der Waals surface area contributed by atoms with Crippen molar-refractivity contribution in [2.75, 3.05) is 22.8 Å². The molecule has 0 radical (unpaired) electrons. The van der Waals surface area contributed by atoms with Gasteiger partial charge < -0.3 is 10.2 Å². The second-order valence-electron chi connectivity index (χ2n) is 9.32. The zero-order chi connectivity index (χ0) is 28.4. The molecule has 1 aliphatic rings. The van der Waals surface area contributed by atoms with Crippen molar-refractivity contribution >= 4 is 55.1 Å². The molecule has 1 atom stereocenters. The standard InChI is InChI=1S/C27H25F2N5O4S2/c1-33(21-8-9-25-22(15-21)30-16-39-25)26(35)23(13-17-11-19(28)14-20(29)12-17)31-27(36)32-40(37,38)34-10-4-6-18-5-2-3-7-24(18)34/h2-3,5,7-9,11-12,14-16,23H,4,6,10,13H2,1H3,(H2,31,32,36). The van der Waals surface area contributed by atoms with Crippen LogP contribution in [0.15, 0.2) is 66.2 Å². The molecule has 3 amide bonds. The van der Waals surface area contributed by atoms with Gasteiger partial charge in [-0.3, -0.25) is 9.10 Å². The molecule has 9 nitrogen and oxygen atoms in total. The number of rotatable bonds is 7. The molecule has 1 aromatic heterocycles. The van der Waals surface area contributed by atoms with Gasteiger partial charge in [-0.1, -0.05) is 18.2 Å². The molecule has 40 heavy (non-hydrogen) atoms. The van der Waals surface area contributed by atoms with Crippen LogP contribution in [-0.4, -0.2) is 45.0 Å². The van der Waals surface area contributed by atoms with Gasteiger partial charge in [0.25, 0.3) is 0 Å². The molecule has 0 saturated heterocycles. The van der Waals surface area contributed by atoms with Gasteiger partial charge in [-0.05, 0) is 60.4 Å². The number of anilines is 2. The third-order valence-corrected chi connectivity index (χ3v) is 8.79. The third kappa shape index (κ3) is 5.89. The summed E-state index contributed by atoms with van der Waals surface area (Å²) in [5, 5.41) is 2.40. The Morgan fingerprint density at radius 1 is 1.10 bits per heavy atom. The molecule has 3 aromatic carbocycles. The summed E-state index contributed by atoms with van der Waals surface area (Å²) in [6.45, 7) is 0.173. The number of hydrogen-bond acceptors (Lipinski definition) is 6. The van der Waals surface area contributed by atoms with Crippen molar-refractivity contribution in [3.05, 3.63) is 88.9 Å². The van der Waals surface area contributed by atoms with Crippen LogP contribution in [0.2, 0.25) is 0 Å². The van der Waals surface area contributed by atoms with Crippen LogP contribution in [0.3, 0.4) is 0 Å².